The molecule has 35 heavy (non-hydrogen) atoms. The van der Waals surface area contributed by atoms with Crippen LogP contribution in [0.2, 0.25) is 10.0 Å². The van der Waals surface area contributed by atoms with Gasteiger partial charge in [0.05, 0.1) is 35.8 Å². The number of ether oxygens (including phenoxy) is 1. The molecule has 2 aliphatic rings. The van der Waals surface area contributed by atoms with Crippen LogP contribution in [0, 0.1) is 5.92 Å². The topological polar surface area (TPSA) is 108 Å². The van der Waals surface area contributed by atoms with Crippen molar-refractivity contribution in [1.29, 1.82) is 0 Å². The summed E-state index contributed by atoms with van der Waals surface area (Å²) in [6.07, 6.45) is 2.98. The number of carbonyl (C=O) groups excluding carboxylic acids is 1. The molecular formula is C24H35Cl2N3O5S. The Bertz CT molecular complexity index is 915. The average Bonchev–Trinajstić information content (AvgIpc) is 2.80. The zero-order valence-corrected chi connectivity index (χ0v) is 22.8. The van der Waals surface area contributed by atoms with Gasteiger partial charge in [-0.2, -0.15) is 0 Å². The molecule has 11 heteroatoms. The zero-order chi connectivity index (χ0) is 26.0. The number of rotatable bonds is 8. The van der Waals surface area contributed by atoms with Gasteiger partial charge >= 0.3 is 6.03 Å². The Morgan fingerprint density at radius 1 is 1.31 bits per heavy atom. The van der Waals surface area contributed by atoms with Crippen molar-refractivity contribution in [3.63, 3.8) is 0 Å². The Labute approximate surface area is 220 Å². The molecule has 2 heterocycles. The monoisotopic (exact) mass is 547 g/mol. The summed E-state index contributed by atoms with van der Waals surface area (Å²) in [5.74, 6) is 0.601. The molecule has 0 saturated carbocycles. The number of urea groups is 1. The van der Waals surface area contributed by atoms with E-state index in [4.69, 9.17) is 27.9 Å². The van der Waals surface area contributed by atoms with Gasteiger partial charge in [0, 0.05) is 36.1 Å². The fourth-order valence-electron chi connectivity index (χ4n) is 4.29. The maximum Gasteiger partial charge on any atom is 0.320 e. The highest BCUT2D eigenvalue weighted by molar-refractivity contribution is 7.90. The van der Waals surface area contributed by atoms with Gasteiger partial charge < -0.3 is 29.3 Å². The number of halogens is 2. The second-order valence-corrected chi connectivity index (χ2v) is 13.0. The van der Waals surface area contributed by atoms with Crippen molar-refractivity contribution < 1.29 is 24.3 Å². The van der Waals surface area contributed by atoms with Crippen LogP contribution in [-0.4, -0.2) is 80.3 Å². The third-order valence-corrected chi connectivity index (χ3v) is 8.65. The highest BCUT2D eigenvalue weighted by Crippen LogP contribution is 2.41. The fourth-order valence-corrected chi connectivity index (χ4v) is 5.52. The lowest BCUT2D eigenvalue weighted by atomic mass is 9.85. The number of amides is 2. The molecule has 0 radical (unpaired) electrons. The molecule has 2 fully saturated rings. The van der Waals surface area contributed by atoms with E-state index in [0.29, 0.717) is 41.7 Å². The van der Waals surface area contributed by atoms with E-state index >= 15 is 0 Å². The van der Waals surface area contributed by atoms with E-state index in [1.807, 2.05) is 20.8 Å². The van der Waals surface area contributed by atoms with E-state index in [0.717, 1.165) is 5.56 Å². The van der Waals surface area contributed by atoms with Crippen LogP contribution in [0.4, 0.5) is 4.79 Å². The number of piperidine rings is 1. The quantitative estimate of drug-likeness (QED) is 0.339. The molecule has 0 bridgehead atoms. The van der Waals surface area contributed by atoms with Gasteiger partial charge in [0.2, 0.25) is 0 Å². The van der Waals surface area contributed by atoms with Crippen molar-refractivity contribution in [2.75, 3.05) is 39.4 Å². The summed E-state index contributed by atoms with van der Waals surface area (Å²) in [7, 11) is 0. The van der Waals surface area contributed by atoms with Crippen LogP contribution in [0.15, 0.2) is 24.8 Å². The van der Waals surface area contributed by atoms with Crippen molar-refractivity contribution in [2.45, 2.75) is 50.0 Å². The lowest BCUT2D eigenvalue weighted by Crippen LogP contribution is -2.67. The molecule has 2 atom stereocenters. The predicted octanol–water partition coefficient (Wildman–Crippen LogP) is 3.52. The molecule has 2 aliphatic heterocycles. The molecule has 0 aromatic heterocycles. The number of hydrogen-bond acceptors (Lipinski definition) is 6. The van der Waals surface area contributed by atoms with Crippen LogP contribution in [0.1, 0.15) is 45.2 Å². The van der Waals surface area contributed by atoms with Gasteiger partial charge in [-0.15, -0.1) is 4.72 Å². The number of benzene rings is 1. The number of aliphatic hydroxyl groups is 2. The number of nitrogens with zero attached hydrogens (tertiary/aromatic N) is 2. The molecule has 2 amide bonds. The van der Waals surface area contributed by atoms with Crippen molar-refractivity contribution in [2.24, 2.45) is 5.92 Å². The number of hydrogen-bond donors (Lipinski definition) is 3. The van der Waals surface area contributed by atoms with Crippen LogP contribution in [0.25, 0.3) is 0 Å². The van der Waals surface area contributed by atoms with Crippen LogP contribution in [0.5, 0.6) is 5.75 Å². The first-order valence-electron chi connectivity index (χ1n) is 11.7. The Balaban J connectivity index is 1.80. The van der Waals surface area contributed by atoms with Crippen molar-refractivity contribution >= 4 is 40.6 Å². The van der Waals surface area contributed by atoms with E-state index in [1.165, 1.54) is 0 Å². The molecule has 2 saturated heterocycles. The summed E-state index contributed by atoms with van der Waals surface area (Å²) in [6, 6.07) is 2.94. The smallest absolute Gasteiger partial charge is 0.320 e. The Morgan fingerprint density at radius 3 is 2.46 bits per heavy atom. The minimum atomic E-state index is -1.36. The molecule has 8 nitrogen and oxygen atoms in total. The van der Waals surface area contributed by atoms with Gasteiger partial charge in [0.1, 0.15) is 22.7 Å². The number of β-amino-alcohol motifs (C(OH)–C–C–N with tert-alkyl or cyclic N) is 1. The summed E-state index contributed by atoms with van der Waals surface area (Å²) >= 11 is 11.3. The number of likely N-dealkylation sites (tertiary alicyclic amines) is 2. The minimum Gasteiger partial charge on any atom is -0.598 e. The fraction of sp³-hybridized carbons (Fsp3) is 0.625. The number of nitrogens with one attached hydrogen (secondary N) is 1. The SMILES string of the molecule is C=CCOc1cc(Cl)c(Cl)cc1[C@H](N[S@@+]([O-])C(C)(C)C)C1CCN(C(=O)N2CC(O)(CO)C2)CC1. The summed E-state index contributed by atoms with van der Waals surface area (Å²) in [5, 5.41) is 20.0. The van der Waals surface area contributed by atoms with E-state index in [2.05, 4.69) is 11.3 Å². The van der Waals surface area contributed by atoms with E-state index in [1.54, 1.807) is 28.0 Å². The molecule has 196 valence electrons. The van der Waals surface area contributed by atoms with Crippen molar-refractivity contribution in [3.8, 4) is 5.75 Å². The second-order valence-electron chi connectivity index (χ2n) is 10.2. The summed E-state index contributed by atoms with van der Waals surface area (Å²) in [4.78, 5) is 16.1. The standard InChI is InChI=1S/C24H35Cl2N3O5S/c1-5-10-34-20-12-19(26)18(25)11-17(20)21(27-35(33)23(2,3)4)16-6-8-28(9-7-16)22(31)29-13-24(32,14-29)15-30/h5,11-12,16,21,27,30,32H,1,6-10,13-15H2,2-4H3/t21-,35+/m1/s1. The van der Waals surface area contributed by atoms with E-state index < -0.39 is 21.7 Å². The van der Waals surface area contributed by atoms with Gasteiger partial charge in [0.15, 0.2) is 0 Å². The van der Waals surface area contributed by atoms with Gasteiger partial charge in [-0.3, -0.25) is 0 Å². The van der Waals surface area contributed by atoms with Gasteiger partial charge in [-0.25, -0.2) is 4.79 Å². The molecular weight excluding hydrogens is 513 g/mol. The molecule has 0 spiro atoms. The molecule has 1 aromatic carbocycles. The lowest BCUT2D eigenvalue weighted by Gasteiger charge is -2.48. The van der Waals surface area contributed by atoms with Crippen LogP contribution in [-0.2, 0) is 11.4 Å². The first kappa shape index (κ1) is 28.4. The predicted molar refractivity (Wildman–Crippen MR) is 139 cm³/mol. The molecule has 3 N–H and O–H groups in total. The lowest BCUT2D eigenvalue weighted by molar-refractivity contribution is -0.111. The van der Waals surface area contributed by atoms with Crippen LogP contribution >= 0.6 is 23.2 Å². The van der Waals surface area contributed by atoms with Crippen molar-refractivity contribution in [3.05, 3.63) is 40.4 Å². The van der Waals surface area contributed by atoms with Crippen LogP contribution in [0.3, 0.4) is 0 Å². The summed E-state index contributed by atoms with van der Waals surface area (Å²) < 4.78 is 21.8. The third-order valence-electron chi connectivity index (χ3n) is 6.35. The Kier molecular flexibility index (Phi) is 9.29. The highest BCUT2D eigenvalue weighted by Gasteiger charge is 2.45. The molecule has 3 rings (SSSR count). The second kappa shape index (κ2) is 11.5. The first-order valence-corrected chi connectivity index (χ1v) is 13.6. The summed E-state index contributed by atoms with van der Waals surface area (Å²) in [6.45, 7) is 10.6. The maximum absolute atomic E-state index is 13.1. The number of aliphatic hydroxyl groups excluding tert-OH is 1. The molecule has 1 aromatic rings. The molecule has 0 aliphatic carbocycles. The number of carbonyl (C=O) groups is 1. The average molecular weight is 549 g/mol. The highest BCUT2D eigenvalue weighted by atomic mass is 35.5. The largest absolute Gasteiger partial charge is 0.598 e. The minimum absolute atomic E-state index is 0.0550. The van der Waals surface area contributed by atoms with E-state index in [9.17, 15) is 19.6 Å². The third kappa shape index (κ3) is 6.77. The van der Waals surface area contributed by atoms with Crippen molar-refractivity contribution in [1.82, 2.24) is 14.5 Å². The molecule has 0 unspecified atom stereocenters. The first-order chi connectivity index (χ1) is 16.4. The summed E-state index contributed by atoms with van der Waals surface area (Å²) in [5.41, 5.74) is -0.435. The Hall–Kier alpha value is -1.20. The van der Waals surface area contributed by atoms with Gasteiger partial charge in [-0.05, 0) is 45.6 Å². The van der Waals surface area contributed by atoms with Gasteiger partial charge in [0.25, 0.3) is 0 Å². The maximum atomic E-state index is 13.1. The van der Waals surface area contributed by atoms with E-state index in [-0.39, 0.29) is 44.3 Å². The van der Waals surface area contributed by atoms with Gasteiger partial charge in [-0.1, -0.05) is 35.9 Å². The van der Waals surface area contributed by atoms with Crippen LogP contribution < -0.4 is 9.46 Å². The zero-order valence-electron chi connectivity index (χ0n) is 20.4. The normalized spacial score (nSPS) is 20.2. The Morgan fingerprint density at radius 2 is 1.91 bits per heavy atom.